The standard InChI is InChI=1S/C9H7ClO3/c10-7-3-1-6(2-4-7)8(5-11)9(12)13/h1-5,11H,(H,12,13)/b8-5+. The Balaban J connectivity index is 3.07. The van der Waals surface area contributed by atoms with Crippen molar-refractivity contribution in [3.05, 3.63) is 41.1 Å². The molecule has 0 amide bonds. The number of hydrogen-bond donors (Lipinski definition) is 2. The van der Waals surface area contributed by atoms with Crippen LogP contribution in [0.4, 0.5) is 0 Å². The van der Waals surface area contributed by atoms with Crippen LogP contribution in [0.1, 0.15) is 5.56 Å². The van der Waals surface area contributed by atoms with Gasteiger partial charge in [0.1, 0.15) is 5.57 Å². The van der Waals surface area contributed by atoms with E-state index in [1.165, 1.54) is 12.1 Å². The summed E-state index contributed by atoms with van der Waals surface area (Å²) in [5, 5.41) is 17.8. The van der Waals surface area contributed by atoms with Crippen molar-refractivity contribution < 1.29 is 15.0 Å². The van der Waals surface area contributed by atoms with Crippen molar-refractivity contribution in [3.63, 3.8) is 0 Å². The van der Waals surface area contributed by atoms with Crippen molar-refractivity contribution in [1.82, 2.24) is 0 Å². The number of halogens is 1. The Morgan fingerprint density at radius 1 is 1.31 bits per heavy atom. The molecule has 0 unspecified atom stereocenters. The van der Waals surface area contributed by atoms with Gasteiger partial charge >= 0.3 is 5.97 Å². The van der Waals surface area contributed by atoms with Gasteiger partial charge in [0, 0.05) is 5.02 Å². The number of carboxylic acids is 1. The van der Waals surface area contributed by atoms with E-state index in [-0.39, 0.29) is 5.57 Å². The molecule has 1 aromatic rings. The minimum atomic E-state index is -1.18. The molecule has 0 heterocycles. The number of aliphatic hydroxyl groups is 1. The van der Waals surface area contributed by atoms with Crippen LogP contribution in [0.15, 0.2) is 30.5 Å². The Hall–Kier alpha value is -1.48. The maximum Gasteiger partial charge on any atom is 0.339 e. The second-order valence-corrected chi connectivity index (χ2v) is 2.79. The lowest BCUT2D eigenvalue weighted by molar-refractivity contribution is -0.130. The number of carboxylic acid groups (broad SMARTS) is 1. The van der Waals surface area contributed by atoms with Gasteiger partial charge in [-0.05, 0) is 17.7 Å². The number of aliphatic hydroxyl groups excluding tert-OH is 1. The Morgan fingerprint density at radius 3 is 2.23 bits per heavy atom. The third kappa shape index (κ3) is 2.23. The van der Waals surface area contributed by atoms with E-state index in [1.807, 2.05) is 0 Å². The molecule has 0 aliphatic heterocycles. The van der Waals surface area contributed by atoms with E-state index in [1.54, 1.807) is 12.1 Å². The van der Waals surface area contributed by atoms with E-state index in [2.05, 4.69) is 0 Å². The molecule has 2 N–H and O–H groups in total. The third-order valence-corrected chi connectivity index (χ3v) is 1.77. The van der Waals surface area contributed by atoms with Crippen molar-refractivity contribution in [3.8, 4) is 0 Å². The van der Waals surface area contributed by atoms with Gasteiger partial charge < -0.3 is 10.2 Å². The van der Waals surface area contributed by atoms with Gasteiger partial charge in [0.15, 0.2) is 0 Å². The molecule has 3 nitrogen and oxygen atoms in total. The zero-order chi connectivity index (χ0) is 9.84. The zero-order valence-corrected chi connectivity index (χ0v) is 7.32. The van der Waals surface area contributed by atoms with Gasteiger partial charge in [0.25, 0.3) is 0 Å². The largest absolute Gasteiger partial charge is 0.515 e. The summed E-state index contributed by atoms with van der Waals surface area (Å²) in [5.74, 6) is -1.18. The van der Waals surface area contributed by atoms with Gasteiger partial charge in [-0.3, -0.25) is 0 Å². The molecule has 1 aromatic carbocycles. The van der Waals surface area contributed by atoms with E-state index < -0.39 is 5.97 Å². The van der Waals surface area contributed by atoms with Crippen LogP contribution in [0.2, 0.25) is 5.02 Å². The first-order valence-electron chi connectivity index (χ1n) is 3.48. The molecule has 0 aliphatic carbocycles. The van der Waals surface area contributed by atoms with Crippen LogP contribution in [-0.2, 0) is 4.79 Å². The maximum atomic E-state index is 10.6. The van der Waals surface area contributed by atoms with E-state index in [9.17, 15) is 4.79 Å². The van der Waals surface area contributed by atoms with Crippen LogP contribution in [0, 0.1) is 0 Å². The van der Waals surface area contributed by atoms with Crippen LogP contribution in [0.5, 0.6) is 0 Å². The number of benzene rings is 1. The highest BCUT2D eigenvalue weighted by Crippen LogP contribution is 2.16. The van der Waals surface area contributed by atoms with Crippen LogP contribution in [0.25, 0.3) is 5.57 Å². The Kier molecular flexibility index (Phi) is 2.93. The highest BCUT2D eigenvalue weighted by Gasteiger charge is 2.09. The molecule has 0 aromatic heterocycles. The number of aliphatic carboxylic acids is 1. The van der Waals surface area contributed by atoms with Crippen molar-refractivity contribution in [1.29, 1.82) is 0 Å². The first-order valence-corrected chi connectivity index (χ1v) is 3.86. The third-order valence-electron chi connectivity index (χ3n) is 1.51. The Morgan fingerprint density at radius 2 is 1.85 bits per heavy atom. The minimum Gasteiger partial charge on any atom is -0.515 e. The van der Waals surface area contributed by atoms with Crippen molar-refractivity contribution in [2.24, 2.45) is 0 Å². The normalized spacial score (nSPS) is 11.3. The fraction of sp³-hybridized carbons (Fsp3) is 0. The van der Waals surface area contributed by atoms with Gasteiger partial charge in [-0.1, -0.05) is 23.7 Å². The minimum absolute atomic E-state index is 0.156. The fourth-order valence-electron chi connectivity index (χ4n) is 0.883. The first-order chi connectivity index (χ1) is 6.15. The Bertz CT molecular complexity index is 340. The topological polar surface area (TPSA) is 57.5 Å². The van der Waals surface area contributed by atoms with E-state index >= 15 is 0 Å². The molecule has 1 rings (SSSR count). The van der Waals surface area contributed by atoms with E-state index in [0.29, 0.717) is 16.8 Å². The van der Waals surface area contributed by atoms with Crippen molar-refractivity contribution in [2.75, 3.05) is 0 Å². The number of hydrogen-bond acceptors (Lipinski definition) is 2. The van der Waals surface area contributed by atoms with Crippen LogP contribution >= 0.6 is 11.6 Å². The summed E-state index contributed by atoms with van der Waals surface area (Å²) in [6, 6.07) is 6.17. The number of rotatable bonds is 2. The molecule has 0 fully saturated rings. The van der Waals surface area contributed by atoms with Gasteiger partial charge in [-0.2, -0.15) is 0 Å². The molecule has 0 saturated carbocycles. The van der Waals surface area contributed by atoms with Gasteiger partial charge in [0.05, 0.1) is 6.26 Å². The molecule has 0 atom stereocenters. The van der Waals surface area contributed by atoms with E-state index in [0.717, 1.165) is 0 Å². The molecule has 68 valence electrons. The Labute approximate surface area is 79.9 Å². The lowest BCUT2D eigenvalue weighted by Gasteiger charge is -1.99. The maximum absolute atomic E-state index is 10.6. The summed E-state index contributed by atoms with van der Waals surface area (Å²) in [6.45, 7) is 0. The summed E-state index contributed by atoms with van der Waals surface area (Å²) >= 11 is 5.61. The molecular formula is C9H7ClO3. The van der Waals surface area contributed by atoms with Gasteiger partial charge in [-0.15, -0.1) is 0 Å². The van der Waals surface area contributed by atoms with Crippen LogP contribution < -0.4 is 0 Å². The predicted octanol–water partition coefficient (Wildman–Crippen LogP) is 2.32. The smallest absolute Gasteiger partial charge is 0.339 e. The van der Waals surface area contributed by atoms with Crippen LogP contribution in [0.3, 0.4) is 0 Å². The molecule has 0 spiro atoms. The molecule has 0 saturated heterocycles. The SMILES string of the molecule is O=C(O)/C(=C/O)c1ccc(Cl)cc1. The molecule has 0 bridgehead atoms. The monoisotopic (exact) mass is 198 g/mol. The summed E-state index contributed by atoms with van der Waals surface area (Å²) in [6.07, 6.45) is 0.561. The fourth-order valence-corrected chi connectivity index (χ4v) is 1.01. The highest BCUT2D eigenvalue weighted by molar-refractivity contribution is 6.30. The summed E-state index contributed by atoms with van der Waals surface area (Å²) in [4.78, 5) is 10.6. The summed E-state index contributed by atoms with van der Waals surface area (Å²) in [7, 11) is 0. The van der Waals surface area contributed by atoms with Crippen LogP contribution in [-0.4, -0.2) is 16.2 Å². The predicted molar refractivity (Wildman–Crippen MR) is 49.7 cm³/mol. The van der Waals surface area contributed by atoms with Crippen molar-refractivity contribution in [2.45, 2.75) is 0 Å². The lowest BCUT2D eigenvalue weighted by Crippen LogP contribution is -1.99. The second kappa shape index (κ2) is 3.96. The van der Waals surface area contributed by atoms with Gasteiger partial charge in [-0.25, -0.2) is 4.79 Å². The summed E-state index contributed by atoms with van der Waals surface area (Å²) < 4.78 is 0. The molecule has 0 radical (unpaired) electrons. The molecule has 0 aliphatic rings. The molecular weight excluding hydrogens is 192 g/mol. The molecule has 13 heavy (non-hydrogen) atoms. The van der Waals surface area contributed by atoms with E-state index in [4.69, 9.17) is 21.8 Å². The average Bonchev–Trinajstić information content (AvgIpc) is 2.09. The first kappa shape index (κ1) is 9.61. The zero-order valence-electron chi connectivity index (χ0n) is 6.57. The highest BCUT2D eigenvalue weighted by atomic mass is 35.5. The lowest BCUT2D eigenvalue weighted by atomic mass is 10.1. The van der Waals surface area contributed by atoms with Crippen molar-refractivity contribution >= 4 is 23.1 Å². The quantitative estimate of drug-likeness (QED) is 0.567. The molecule has 4 heteroatoms. The second-order valence-electron chi connectivity index (χ2n) is 2.35. The number of carbonyl (C=O) groups is 1. The average molecular weight is 199 g/mol. The summed E-state index contributed by atoms with van der Waals surface area (Å²) in [5.41, 5.74) is 0.260. The van der Waals surface area contributed by atoms with Gasteiger partial charge in [0.2, 0.25) is 0 Å².